The van der Waals surface area contributed by atoms with E-state index in [4.69, 9.17) is 14.2 Å². The Morgan fingerprint density at radius 1 is 0.938 bits per heavy atom. The third-order valence-corrected chi connectivity index (χ3v) is 13.1. The van der Waals surface area contributed by atoms with Crippen molar-refractivity contribution < 1.29 is 38.1 Å². The molecule has 272 valence electrons. The number of halogens is 1. The number of ketones is 2. The van der Waals surface area contributed by atoms with Gasteiger partial charge in [-0.1, -0.05) is 97.8 Å². The lowest BCUT2D eigenvalue weighted by atomic mass is 9.45. The first-order valence-corrected chi connectivity index (χ1v) is 19.4. The van der Waals surface area contributed by atoms with Crippen LogP contribution in [0.4, 0.5) is 4.39 Å². The summed E-state index contributed by atoms with van der Waals surface area (Å²) < 4.78 is 34.4. The summed E-state index contributed by atoms with van der Waals surface area (Å²) in [6, 6.07) is 0. The minimum absolute atomic E-state index is 0.0497. The number of rotatable bonds is 17. The number of carbonyl (C=O) groups excluding carboxylic acids is 3. The monoisotopic (exact) mass is 674 g/mol. The number of hydrogen-bond donors (Lipinski definition) is 1. The summed E-state index contributed by atoms with van der Waals surface area (Å²) in [6.45, 7) is 9.41. The van der Waals surface area contributed by atoms with E-state index in [1.165, 1.54) is 70.3 Å². The number of allylic oxidation sites excluding steroid dienone is 1. The molecule has 0 aromatic heterocycles. The van der Waals surface area contributed by atoms with E-state index < -0.39 is 47.2 Å². The molecular formula is C40H63FO7. The second kappa shape index (κ2) is 15.3. The lowest BCUT2D eigenvalue weighted by molar-refractivity contribution is -0.229. The van der Waals surface area contributed by atoms with Crippen LogP contribution in [0.3, 0.4) is 0 Å². The first-order valence-electron chi connectivity index (χ1n) is 19.4. The van der Waals surface area contributed by atoms with Gasteiger partial charge in [0.25, 0.3) is 0 Å². The summed E-state index contributed by atoms with van der Waals surface area (Å²) in [4.78, 5) is 39.3. The van der Waals surface area contributed by atoms with E-state index in [9.17, 15) is 19.5 Å². The number of esters is 1. The molecule has 0 bridgehead atoms. The van der Waals surface area contributed by atoms with Gasteiger partial charge in [0.2, 0.25) is 5.78 Å². The number of carbonyl (C=O) groups is 3. The normalized spacial score (nSPS) is 38.1. The molecule has 1 saturated heterocycles. The van der Waals surface area contributed by atoms with Crippen LogP contribution in [0.1, 0.15) is 157 Å². The van der Waals surface area contributed by atoms with Crippen molar-refractivity contribution in [3.8, 4) is 0 Å². The molecule has 4 fully saturated rings. The number of aliphatic hydroxyl groups is 1. The highest BCUT2D eigenvalue weighted by molar-refractivity contribution is 5.93. The number of aliphatic hydroxyl groups excluding tert-OH is 1. The van der Waals surface area contributed by atoms with Crippen LogP contribution >= 0.6 is 0 Å². The minimum Gasteiger partial charge on any atom is -0.458 e. The Bertz CT molecular complexity index is 1200. The SMILES string of the molecule is CCCCCCCCCCCCCCCC(=O)OCC(=O)[C@@]12OC(C)(C)O[C@@H]1C[C@H]1[C@@H]3C[C@H](F)C4=CC(=O)CC[C@]4(C)[C@H]3[C@@H](O)C[C@@]12C. The van der Waals surface area contributed by atoms with Gasteiger partial charge in [-0.05, 0) is 80.8 Å². The number of unbranched alkanes of at least 4 members (excludes halogenated alkanes) is 12. The molecular weight excluding hydrogens is 611 g/mol. The fourth-order valence-electron chi connectivity index (χ4n) is 10.9. The summed E-state index contributed by atoms with van der Waals surface area (Å²) in [5.74, 6) is -2.36. The molecule has 0 amide bonds. The second-order valence-electron chi connectivity index (χ2n) is 16.8. The van der Waals surface area contributed by atoms with Crippen molar-refractivity contribution >= 4 is 17.5 Å². The number of alkyl halides is 1. The van der Waals surface area contributed by atoms with Crippen LogP contribution in [0, 0.1) is 28.6 Å². The fourth-order valence-corrected chi connectivity index (χ4v) is 10.9. The molecule has 8 heteroatoms. The van der Waals surface area contributed by atoms with Gasteiger partial charge in [-0.2, -0.15) is 0 Å². The molecule has 0 aromatic carbocycles. The molecule has 48 heavy (non-hydrogen) atoms. The van der Waals surface area contributed by atoms with Crippen molar-refractivity contribution in [2.75, 3.05) is 6.61 Å². The molecule has 1 heterocycles. The Hall–Kier alpha value is -1.64. The van der Waals surface area contributed by atoms with Crippen molar-refractivity contribution in [1.29, 1.82) is 0 Å². The van der Waals surface area contributed by atoms with Gasteiger partial charge in [0.15, 0.2) is 23.8 Å². The van der Waals surface area contributed by atoms with Crippen molar-refractivity contribution in [3.05, 3.63) is 11.6 Å². The fraction of sp³-hybridized carbons (Fsp3) is 0.875. The molecule has 1 N–H and O–H groups in total. The molecule has 4 aliphatic carbocycles. The molecule has 7 nitrogen and oxygen atoms in total. The maximum atomic E-state index is 15.9. The van der Waals surface area contributed by atoms with Crippen LogP contribution in [0.2, 0.25) is 0 Å². The van der Waals surface area contributed by atoms with Crippen LogP contribution in [0.5, 0.6) is 0 Å². The largest absolute Gasteiger partial charge is 0.458 e. The van der Waals surface area contributed by atoms with E-state index in [-0.39, 0.29) is 48.1 Å². The Morgan fingerprint density at radius 3 is 2.17 bits per heavy atom. The highest BCUT2D eigenvalue weighted by Gasteiger charge is 2.77. The molecule has 3 saturated carbocycles. The van der Waals surface area contributed by atoms with Crippen LogP contribution in [-0.4, -0.2) is 59.0 Å². The predicted octanol–water partition coefficient (Wildman–Crippen LogP) is 8.53. The zero-order valence-corrected chi connectivity index (χ0v) is 30.5. The third-order valence-electron chi connectivity index (χ3n) is 13.1. The number of hydrogen-bond acceptors (Lipinski definition) is 7. The van der Waals surface area contributed by atoms with Crippen molar-refractivity contribution in [1.82, 2.24) is 0 Å². The van der Waals surface area contributed by atoms with Gasteiger partial charge < -0.3 is 19.3 Å². The highest BCUT2D eigenvalue weighted by Crippen LogP contribution is 2.71. The van der Waals surface area contributed by atoms with Gasteiger partial charge in [0.1, 0.15) is 6.17 Å². The van der Waals surface area contributed by atoms with Crippen LogP contribution < -0.4 is 0 Å². The first kappa shape index (κ1) is 37.6. The lowest BCUT2D eigenvalue weighted by Crippen LogP contribution is -2.65. The quantitative estimate of drug-likeness (QED) is 0.122. The summed E-state index contributed by atoms with van der Waals surface area (Å²) in [7, 11) is 0. The minimum atomic E-state index is -1.41. The van der Waals surface area contributed by atoms with Crippen molar-refractivity contribution in [3.63, 3.8) is 0 Å². The Balaban J connectivity index is 1.14. The standard InChI is InChI=1S/C40H63FO7/c1-6-7-8-9-10-11-12-13-14-15-16-17-18-19-35(45)46-26-33(44)40-34(47-37(2,3)48-40)24-29-28-23-31(41)30-22-27(42)20-21-38(30,4)36(28)32(43)25-39(29,40)5/h22,28-29,31-32,34,36,43H,6-21,23-26H2,1-5H3/t28-,29-,31-,32-,34+,36+,38-,39-,40+/m0/s1. The van der Waals surface area contributed by atoms with E-state index in [0.29, 0.717) is 31.3 Å². The van der Waals surface area contributed by atoms with E-state index in [2.05, 4.69) is 6.92 Å². The Morgan fingerprint density at radius 2 is 1.54 bits per heavy atom. The maximum absolute atomic E-state index is 15.9. The summed E-state index contributed by atoms with van der Waals surface area (Å²) in [5.41, 5.74) is -2.34. The van der Waals surface area contributed by atoms with E-state index in [1.54, 1.807) is 13.8 Å². The van der Waals surface area contributed by atoms with Gasteiger partial charge in [-0.25, -0.2) is 4.39 Å². The van der Waals surface area contributed by atoms with Crippen LogP contribution in [0.25, 0.3) is 0 Å². The molecule has 9 atom stereocenters. The van der Waals surface area contributed by atoms with Crippen molar-refractivity contribution in [2.24, 2.45) is 28.6 Å². The average Bonchev–Trinajstić information content (AvgIpc) is 3.44. The zero-order chi connectivity index (χ0) is 34.7. The van der Waals surface area contributed by atoms with Gasteiger partial charge >= 0.3 is 5.97 Å². The van der Waals surface area contributed by atoms with Gasteiger partial charge in [0.05, 0.1) is 12.2 Å². The summed E-state index contributed by atoms with van der Waals surface area (Å²) in [6.07, 6.45) is 16.9. The van der Waals surface area contributed by atoms with Crippen LogP contribution in [0.15, 0.2) is 11.6 Å². The van der Waals surface area contributed by atoms with Gasteiger partial charge in [0, 0.05) is 18.3 Å². The van der Waals surface area contributed by atoms with Gasteiger partial charge in [-0.15, -0.1) is 0 Å². The molecule has 0 radical (unpaired) electrons. The summed E-state index contributed by atoms with van der Waals surface area (Å²) >= 11 is 0. The third kappa shape index (κ3) is 7.24. The maximum Gasteiger partial charge on any atom is 0.306 e. The lowest BCUT2D eigenvalue weighted by Gasteiger charge is -2.61. The number of Topliss-reactive ketones (excluding diaryl/α,β-unsaturated/α-hetero) is 1. The number of ether oxygens (including phenoxy) is 3. The second-order valence-corrected chi connectivity index (χ2v) is 16.8. The smallest absolute Gasteiger partial charge is 0.306 e. The number of fused-ring (bicyclic) bond motifs is 7. The molecule has 1 aliphatic heterocycles. The molecule has 0 spiro atoms. The Kier molecular flexibility index (Phi) is 12.0. The van der Waals surface area contributed by atoms with Crippen LogP contribution in [-0.2, 0) is 28.6 Å². The molecule has 0 aromatic rings. The first-order chi connectivity index (χ1) is 22.8. The van der Waals surface area contributed by atoms with E-state index in [1.807, 2.05) is 13.8 Å². The average molecular weight is 675 g/mol. The highest BCUT2D eigenvalue weighted by atomic mass is 19.1. The summed E-state index contributed by atoms with van der Waals surface area (Å²) in [5, 5.41) is 11.9. The van der Waals surface area contributed by atoms with Crippen molar-refractivity contribution in [2.45, 2.75) is 186 Å². The zero-order valence-electron chi connectivity index (χ0n) is 30.5. The topological polar surface area (TPSA) is 99.1 Å². The molecule has 5 aliphatic rings. The van der Waals surface area contributed by atoms with E-state index >= 15 is 4.39 Å². The Labute approximate surface area is 288 Å². The molecule has 0 unspecified atom stereocenters. The van der Waals surface area contributed by atoms with Gasteiger partial charge in [-0.3, -0.25) is 14.4 Å². The van der Waals surface area contributed by atoms with E-state index in [0.717, 1.165) is 19.3 Å². The predicted molar refractivity (Wildman–Crippen MR) is 183 cm³/mol. The molecule has 5 rings (SSSR count).